The normalized spacial score (nSPS) is 23.7. The number of cyclic esters (lactones) is 2. The van der Waals surface area contributed by atoms with E-state index in [4.69, 9.17) is 4.74 Å². The van der Waals surface area contributed by atoms with Crippen molar-refractivity contribution < 1.29 is 14.3 Å². The van der Waals surface area contributed by atoms with Crippen LogP contribution in [0.5, 0.6) is 0 Å². The van der Waals surface area contributed by atoms with Crippen LogP contribution in [0.15, 0.2) is 12.2 Å². The Morgan fingerprint density at radius 2 is 2.55 bits per heavy atom. The third-order valence-corrected chi connectivity index (χ3v) is 1.54. The van der Waals surface area contributed by atoms with Gasteiger partial charge in [-0.1, -0.05) is 12.2 Å². The SMILES string of the molecule is C/C=C/CCC1COC(=O)O1. The van der Waals surface area contributed by atoms with Crippen molar-refractivity contribution in [2.24, 2.45) is 0 Å². The van der Waals surface area contributed by atoms with E-state index in [0.717, 1.165) is 12.8 Å². The van der Waals surface area contributed by atoms with E-state index in [1.54, 1.807) is 0 Å². The second kappa shape index (κ2) is 4.01. The Morgan fingerprint density at radius 1 is 1.73 bits per heavy atom. The lowest BCUT2D eigenvalue weighted by molar-refractivity contribution is 0.116. The molecule has 1 saturated heterocycles. The standard InChI is InChI=1S/C8H12O3/c1-2-3-4-5-7-6-10-8(9)11-7/h2-3,7H,4-6H2,1H3/b3-2+. The molecule has 1 rings (SSSR count). The third-order valence-electron chi connectivity index (χ3n) is 1.54. The van der Waals surface area contributed by atoms with Gasteiger partial charge in [0.05, 0.1) is 0 Å². The van der Waals surface area contributed by atoms with E-state index in [2.05, 4.69) is 4.74 Å². The van der Waals surface area contributed by atoms with Crippen LogP contribution in [-0.2, 0) is 9.47 Å². The van der Waals surface area contributed by atoms with Gasteiger partial charge in [-0.15, -0.1) is 0 Å². The molecule has 0 N–H and O–H groups in total. The first-order valence-electron chi connectivity index (χ1n) is 3.77. The lowest BCUT2D eigenvalue weighted by Gasteiger charge is -2.01. The Bertz CT molecular complexity index is 163. The summed E-state index contributed by atoms with van der Waals surface area (Å²) in [6, 6.07) is 0. The first kappa shape index (κ1) is 8.11. The van der Waals surface area contributed by atoms with Gasteiger partial charge in [0.15, 0.2) is 0 Å². The van der Waals surface area contributed by atoms with Gasteiger partial charge in [0.1, 0.15) is 12.7 Å². The molecule has 1 aliphatic heterocycles. The number of hydrogen-bond acceptors (Lipinski definition) is 3. The molecule has 0 aromatic heterocycles. The van der Waals surface area contributed by atoms with Crippen molar-refractivity contribution in [2.75, 3.05) is 6.61 Å². The van der Waals surface area contributed by atoms with Crippen molar-refractivity contribution in [1.29, 1.82) is 0 Å². The average Bonchev–Trinajstić information content (AvgIpc) is 2.37. The van der Waals surface area contributed by atoms with Crippen molar-refractivity contribution in [2.45, 2.75) is 25.9 Å². The van der Waals surface area contributed by atoms with E-state index in [0.29, 0.717) is 6.61 Å². The molecule has 0 aliphatic carbocycles. The highest BCUT2D eigenvalue weighted by Crippen LogP contribution is 2.11. The van der Waals surface area contributed by atoms with Crippen molar-refractivity contribution in [1.82, 2.24) is 0 Å². The average molecular weight is 156 g/mol. The number of ether oxygens (including phenoxy) is 2. The maximum Gasteiger partial charge on any atom is 0.508 e. The fourth-order valence-electron chi connectivity index (χ4n) is 0.956. The maximum absolute atomic E-state index is 10.4. The van der Waals surface area contributed by atoms with Crippen LogP contribution < -0.4 is 0 Å². The minimum absolute atomic E-state index is 0.0290. The maximum atomic E-state index is 10.4. The summed E-state index contributed by atoms with van der Waals surface area (Å²) in [5.74, 6) is 0. The molecule has 0 spiro atoms. The summed E-state index contributed by atoms with van der Waals surface area (Å²) in [7, 11) is 0. The highest BCUT2D eigenvalue weighted by atomic mass is 16.8. The van der Waals surface area contributed by atoms with Gasteiger partial charge in [-0.05, 0) is 19.8 Å². The number of hydrogen-bond donors (Lipinski definition) is 0. The first-order valence-corrected chi connectivity index (χ1v) is 3.77. The molecule has 0 aromatic rings. The number of carbonyl (C=O) groups excluding carboxylic acids is 1. The molecular weight excluding hydrogens is 144 g/mol. The van der Waals surface area contributed by atoms with E-state index >= 15 is 0 Å². The van der Waals surface area contributed by atoms with Crippen molar-refractivity contribution >= 4 is 6.16 Å². The molecule has 0 aromatic carbocycles. The topological polar surface area (TPSA) is 35.5 Å². The summed E-state index contributed by atoms with van der Waals surface area (Å²) in [4.78, 5) is 10.4. The Hall–Kier alpha value is -0.990. The number of carbonyl (C=O) groups is 1. The van der Waals surface area contributed by atoms with E-state index in [-0.39, 0.29) is 6.10 Å². The van der Waals surface area contributed by atoms with Crippen LogP contribution in [0.25, 0.3) is 0 Å². The lowest BCUT2D eigenvalue weighted by Crippen LogP contribution is -2.08. The molecule has 62 valence electrons. The lowest BCUT2D eigenvalue weighted by atomic mass is 10.2. The summed E-state index contributed by atoms with van der Waals surface area (Å²) in [6.45, 7) is 2.38. The Labute approximate surface area is 66.0 Å². The van der Waals surface area contributed by atoms with Crippen LogP contribution in [0.1, 0.15) is 19.8 Å². The van der Waals surface area contributed by atoms with Gasteiger partial charge in [-0.3, -0.25) is 0 Å². The first-order chi connectivity index (χ1) is 5.33. The van der Waals surface area contributed by atoms with Gasteiger partial charge in [-0.2, -0.15) is 0 Å². The number of rotatable bonds is 3. The van der Waals surface area contributed by atoms with Gasteiger partial charge in [-0.25, -0.2) is 4.79 Å². The van der Waals surface area contributed by atoms with Gasteiger partial charge < -0.3 is 9.47 Å². The van der Waals surface area contributed by atoms with Crippen LogP contribution in [-0.4, -0.2) is 18.9 Å². The molecule has 0 bridgehead atoms. The van der Waals surface area contributed by atoms with Crippen LogP contribution >= 0.6 is 0 Å². The molecule has 1 atom stereocenters. The second-order valence-electron chi connectivity index (χ2n) is 2.45. The molecule has 1 aliphatic rings. The van der Waals surface area contributed by atoms with Gasteiger partial charge in [0, 0.05) is 0 Å². The molecule has 11 heavy (non-hydrogen) atoms. The van der Waals surface area contributed by atoms with Crippen molar-refractivity contribution in [3.05, 3.63) is 12.2 Å². The zero-order chi connectivity index (χ0) is 8.10. The third kappa shape index (κ3) is 2.62. The minimum atomic E-state index is -0.532. The van der Waals surface area contributed by atoms with Crippen molar-refractivity contribution in [3.63, 3.8) is 0 Å². The monoisotopic (exact) mass is 156 g/mol. The molecule has 3 heteroatoms. The molecule has 0 saturated carbocycles. The molecule has 0 amide bonds. The van der Waals surface area contributed by atoms with E-state index in [9.17, 15) is 4.79 Å². The summed E-state index contributed by atoms with van der Waals surface area (Å²) >= 11 is 0. The largest absolute Gasteiger partial charge is 0.508 e. The molecule has 1 fully saturated rings. The smallest absolute Gasteiger partial charge is 0.430 e. The molecule has 1 heterocycles. The van der Waals surface area contributed by atoms with Gasteiger partial charge >= 0.3 is 6.16 Å². The summed E-state index contributed by atoms with van der Waals surface area (Å²) in [5.41, 5.74) is 0. The zero-order valence-corrected chi connectivity index (χ0v) is 6.58. The molecular formula is C8H12O3. The van der Waals surface area contributed by atoms with E-state index < -0.39 is 6.16 Å². The molecule has 3 nitrogen and oxygen atoms in total. The summed E-state index contributed by atoms with van der Waals surface area (Å²) in [5, 5.41) is 0. The highest BCUT2D eigenvalue weighted by Gasteiger charge is 2.23. The Balaban J connectivity index is 2.13. The van der Waals surface area contributed by atoms with Crippen LogP contribution in [0, 0.1) is 0 Å². The van der Waals surface area contributed by atoms with E-state index in [1.807, 2.05) is 19.1 Å². The summed E-state index contributed by atoms with van der Waals surface area (Å²) in [6.07, 6.45) is 5.27. The number of allylic oxidation sites excluding steroid dienone is 2. The second-order valence-corrected chi connectivity index (χ2v) is 2.45. The van der Waals surface area contributed by atoms with Crippen LogP contribution in [0.2, 0.25) is 0 Å². The fraction of sp³-hybridized carbons (Fsp3) is 0.625. The van der Waals surface area contributed by atoms with Crippen LogP contribution in [0.3, 0.4) is 0 Å². The molecule has 1 unspecified atom stereocenters. The van der Waals surface area contributed by atoms with E-state index in [1.165, 1.54) is 0 Å². The Kier molecular flexibility index (Phi) is 2.95. The van der Waals surface area contributed by atoms with Gasteiger partial charge in [0.2, 0.25) is 0 Å². The minimum Gasteiger partial charge on any atom is -0.430 e. The summed E-state index contributed by atoms with van der Waals surface area (Å²) < 4.78 is 9.42. The predicted octanol–water partition coefficient (Wildman–Crippen LogP) is 1.88. The van der Waals surface area contributed by atoms with Crippen LogP contribution in [0.4, 0.5) is 4.79 Å². The Morgan fingerprint density at radius 3 is 3.09 bits per heavy atom. The zero-order valence-electron chi connectivity index (χ0n) is 6.58. The predicted molar refractivity (Wildman–Crippen MR) is 40.3 cm³/mol. The van der Waals surface area contributed by atoms with Gasteiger partial charge in [0.25, 0.3) is 0 Å². The molecule has 0 radical (unpaired) electrons. The fourth-order valence-corrected chi connectivity index (χ4v) is 0.956. The highest BCUT2D eigenvalue weighted by molar-refractivity contribution is 5.61. The van der Waals surface area contributed by atoms with Crippen molar-refractivity contribution in [3.8, 4) is 0 Å². The quantitative estimate of drug-likeness (QED) is 0.462.